The molecule has 20 valence electrons. The molecule has 3 heteroatoms. The quantitative estimate of drug-likeness (QED) is 0.328. The molecule has 0 spiro atoms. The fourth-order valence-electron chi connectivity index (χ4n) is 0. The van der Waals surface area contributed by atoms with Crippen LogP contribution in [0.2, 0.25) is 0 Å². The summed E-state index contributed by atoms with van der Waals surface area (Å²) in [5.74, 6) is 0. The molecule has 0 aliphatic heterocycles. The first-order chi connectivity index (χ1) is 0. The molecule has 0 aliphatic rings. The maximum atomic E-state index is 0. The third-order valence-electron chi connectivity index (χ3n) is 0. The topological polar surface area (TPSA) is 0 Å². The van der Waals surface area contributed by atoms with Gasteiger partial charge < -0.3 is 0 Å². The molecule has 0 amide bonds. The van der Waals surface area contributed by atoms with Gasteiger partial charge in [-0.1, -0.05) is 0 Å². The van der Waals surface area contributed by atoms with Crippen LogP contribution in [0.5, 0.6) is 0 Å². The third kappa shape index (κ3) is 10.9. The van der Waals surface area contributed by atoms with Gasteiger partial charge in [-0.25, -0.2) is 0 Å². The largest absolute Gasteiger partial charge is 0 e. The van der Waals surface area contributed by atoms with E-state index in [9.17, 15) is 0 Å². The van der Waals surface area contributed by atoms with Crippen molar-refractivity contribution in [3.63, 3.8) is 0 Å². The van der Waals surface area contributed by atoms with E-state index in [1.807, 2.05) is 0 Å². The zero-order chi connectivity index (χ0) is 0. The van der Waals surface area contributed by atoms with Crippen LogP contribution >= 0.6 is 9.90 Å². The fourth-order valence-corrected chi connectivity index (χ4v) is 0. The van der Waals surface area contributed by atoms with Crippen molar-refractivity contribution >= 4 is 20.9 Å². The summed E-state index contributed by atoms with van der Waals surface area (Å²) >= 11 is 0. The van der Waals surface area contributed by atoms with E-state index in [4.69, 9.17) is 0 Å². The molecule has 0 nitrogen and oxygen atoms in total. The summed E-state index contributed by atoms with van der Waals surface area (Å²) in [6, 6.07) is 0. The van der Waals surface area contributed by atoms with Gasteiger partial charge in [0.15, 0.2) is 0 Å². The summed E-state index contributed by atoms with van der Waals surface area (Å²) in [7, 11) is 0. The molecule has 0 atom stereocenters. The number of hydrogen-bond donors (Lipinski definition) is 0. The van der Waals surface area contributed by atoms with Gasteiger partial charge in [-0.15, -0.1) is 0 Å². The van der Waals surface area contributed by atoms with Crippen molar-refractivity contribution in [2.24, 2.45) is 0 Å². The Morgan fingerprint density at radius 1 is 1.00 bits per heavy atom. The summed E-state index contributed by atoms with van der Waals surface area (Å²) in [4.78, 5) is 0. The smallest absolute Gasteiger partial charge is 0 e. The van der Waals surface area contributed by atoms with Crippen molar-refractivity contribution in [3.8, 4) is 0 Å². The van der Waals surface area contributed by atoms with Crippen LogP contribution in [0.1, 0.15) is 0 Å². The van der Waals surface area contributed by atoms with Crippen LogP contribution in [0, 0.1) is 7.43 Å². The molecule has 0 aromatic heterocycles. The van der Waals surface area contributed by atoms with Crippen LogP contribution in [0.3, 0.4) is 0 Å². The van der Waals surface area contributed by atoms with Gasteiger partial charge in [0.1, 0.15) is 0 Å². The molecule has 0 saturated carbocycles. The first kappa shape index (κ1) is 65.9. The van der Waals surface area contributed by atoms with Gasteiger partial charge in [0, 0.05) is 45.4 Å². The molecule has 0 rings (SSSR count). The van der Waals surface area contributed by atoms with Gasteiger partial charge in [-0.2, -0.15) is 0 Å². The van der Waals surface area contributed by atoms with Gasteiger partial charge in [-0.3, -0.25) is 0 Å². The van der Waals surface area contributed by atoms with E-state index < -0.39 is 0 Å². The first-order valence-electron chi connectivity index (χ1n) is 0. The summed E-state index contributed by atoms with van der Waals surface area (Å²) in [6.07, 6.45) is 0. The predicted molar refractivity (Wildman–Crippen MR) is 15.9 cm³/mol. The predicted octanol–water partition coefficient (Wildman–Crippen LogP) is 0.559. The van der Waals surface area contributed by atoms with Gasteiger partial charge >= 0.3 is 0 Å². The van der Waals surface area contributed by atoms with E-state index in [2.05, 4.69) is 0 Å². The summed E-state index contributed by atoms with van der Waals surface area (Å²) in [5.41, 5.74) is 0. The van der Waals surface area contributed by atoms with Crippen molar-refractivity contribution in [1.82, 2.24) is 0 Å². The Hall–Kier alpha value is 1.17. The molecule has 0 N–H and O–H groups in total. The van der Waals surface area contributed by atoms with Crippen molar-refractivity contribution in [2.45, 2.75) is 0 Å². The average molecular weight is 126 g/mol. The van der Waals surface area contributed by atoms with Crippen molar-refractivity contribution in [1.29, 1.82) is 0 Å². The Morgan fingerprint density at radius 3 is 1.00 bits per heavy atom. The van der Waals surface area contributed by atoms with Gasteiger partial charge in [-0.05, 0) is 0 Å². The second kappa shape index (κ2) is 30.7. The zero-order valence-electron chi connectivity index (χ0n) is 1.83. The Morgan fingerprint density at radius 2 is 1.00 bits per heavy atom. The molecule has 0 unspecified atom stereocenters. The molecule has 0 aliphatic carbocycles. The van der Waals surface area contributed by atoms with E-state index in [0.717, 1.165) is 0 Å². The van der Waals surface area contributed by atoms with Crippen LogP contribution in [0.4, 0.5) is 0 Å². The normalized spacial score (nSPS) is 0. The Kier molecular flexibility index (Phi) is 506. The van der Waals surface area contributed by atoms with Crippen molar-refractivity contribution in [3.05, 3.63) is 7.43 Å². The molecular weight excluding hydrogens is 126 g/mol. The van der Waals surface area contributed by atoms with E-state index in [1.165, 1.54) is 0 Å². The van der Waals surface area contributed by atoms with Crippen LogP contribution in [0.25, 0.3) is 0 Å². The molecule has 0 fully saturated rings. The maximum absolute atomic E-state index is 0. The Labute approximate surface area is 45.9 Å². The molecule has 0 bridgehead atoms. The van der Waals surface area contributed by atoms with Crippen LogP contribution < -0.4 is 0 Å². The first-order valence-corrected chi connectivity index (χ1v) is 0. The van der Waals surface area contributed by atoms with Gasteiger partial charge in [0.25, 0.3) is 0 Å². The van der Waals surface area contributed by atoms with Crippen LogP contribution in [0.15, 0.2) is 0 Å². The summed E-state index contributed by atoms with van der Waals surface area (Å²) < 4.78 is 0. The Balaban J connectivity index is 0. The minimum atomic E-state index is 0. The van der Waals surface area contributed by atoms with E-state index in [0.29, 0.717) is 0 Å². The molecule has 4 heavy (non-hydrogen) atoms. The van der Waals surface area contributed by atoms with Crippen LogP contribution in [-0.4, -0.2) is 11.0 Å². The minimum Gasteiger partial charge on any atom is 0 e. The molecule has 0 heterocycles. The van der Waals surface area contributed by atoms with Gasteiger partial charge in [0.2, 0.25) is 0 Å². The standard InChI is InChI=1S/C.Mn.P.Si. The van der Waals surface area contributed by atoms with E-state index in [-0.39, 0.29) is 45.4 Å². The van der Waals surface area contributed by atoms with Crippen LogP contribution in [-0.2, 0) is 17.1 Å². The Bertz CT molecular complexity index is 8.00. The SMILES string of the molecule is [C].[Mn].[P].[Si]. The molecule has 12 radical (unpaired) electrons. The van der Waals surface area contributed by atoms with Crippen molar-refractivity contribution in [2.75, 3.05) is 0 Å². The monoisotopic (exact) mass is 126 g/mol. The summed E-state index contributed by atoms with van der Waals surface area (Å²) in [6.45, 7) is 0. The van der Waals surface area contributed by atoms with Crippen molar-refractivity contribution < 1.29 is 17.1 Å². The second-order valence-electron chi connectivity index (χ2n) is 0. The zero-order valence-corrected chi connectivity index (χ0v) is 4.90. The fraction of sp³-hybridized carbons (Fsp3) is 0. The third-order valence-corrected chi connectivity index (χ3v) is 0. The van der Waals surface area contributed by atoms with E-state index in [1.54, 1.807) is 0 Å². The maximum Gasteiger partial charge on any atom is 0 e. The number of hydrogen-bond acceptors (Lipinski definition) is 0. The van der Waals surface area contributed by atoms with E-state index >= 15 is 0 Å². The molecule has 0 saturated heterocycles. The molecule has 0 aromatic rings. The second-order valence-corrected chi connectivity index (χ2v) is 0. The number of rotatable bonds is 0. The molecular formula is CMnPSi. The van der Waals surface area contributed by atoms with Gasteiger partial charge in [0.05, 0.1) is 0 Å². The summed E-state index contributed by atoms with van der Waals surface area (Å²) in [5, 5.41) is 0. The average Bonchev–Trinajstić information content (AvgIpc) is 0. The molecule has 0 aromatic carbocycles. The minimum absolute atomic E-state index is 0.